The molecule has 5 nitrogen and oxygen atoms in total. The SMILES string of the molecule is Nc1c(C(=O)NCCc2ccc(N3CCCCC3)cc2)sc2nc3c(cc12)CCC3. The van der Waals surface area contributed by atoms with Gasteiger partial charge in [-0.15, -0.1) is 11.3 Å². The van der Waals surface area contributed by atoms with E-state index in [0.29, 0.717) is 17.1 Å². The highest BCUT2D eigenvalue weighted by Gasteiger charge is 2.21. The summed E-state index contributed by atoms with van der Waals surface area (Å²) in [6.45, 7) is 2.91. The summed E-state index contributed by atoms with van der Waals surface area (Å²) in [6, 6.07) is 10.9. The lowest BCUT2D eigenvalue weighted by Gasteiger charge is -2.28. The number of hydrogen-bond acceptors (Lipinski definition) is 5. The normalized spacial score (nSPS) is 16.1. The molecule has 3 aromatic rings. The number of nitrogen functional groups attached to an aromatic ring is 1. The van der Waals surface area contributed by atoms with Gasteiger partial charge >= 0.3 is 0 Å². The van der Waals surface area contributed by atoms with E-state index < -0.39 is 0 Å². The van der Waals surface area contributed by atoms with Gasteiger partial charge in [0.15, 0.2) is 0 Å². The minimum atomic E-state index is -0.0967. The van der Waals surface area contributed by atoms with Crippen molar-refractivity contribution in [3.05, 3.63) is 52.0 Å². The molecular formula is C24H28N4OS. The molecule has 30 heavy (non-hydrogen) atoms. The Hall–Kier alpha value is -2.60. The van der Waals surface area contributed by atoms with E-state index in [9.17, 15) is 4.79 Å². The number of fused-ring (bicyclic) bond motifs is 2. The fourth-order valence-corrected chi connectivity index (χ4v) is 5.61. The van der Waals surface area contributed by atoms with E-state index in [1.165, 1.54) is 53.1 Å². The van der Waals surface area contributed by atoms with Crippen molar-refractivity contribution in [1.29, 1.82) is 0 Å². The minimum Gasteiger partial charge on any atom is -0.397 e. The number of carbonyl (C=O) groups is 1. The van der Waals surface area contributed by atoms with Gasteiger partial charge in [0.1, 0.15) is 9.71 Å². The molecule has 0 bridgehead atoms. The number of nitrogens with two attached hydrogens (primary N) is 1. The number of hydrogen-bond donors (Lipinski definition) is 2. The largest absolute Gasteiger partial charge is 0.397 e. The average molecular weight is 421 g/mol. The zero-order chi connectivity index (χ0) is 20.5. The summed E-state index contributed by atoms with van der Waals surface area (Å²) in [5, 5.41) is 3.97. The Morgan fingerprint density at radius 2 is 1.90 bits per heavy atom. The molecule has 1 amide bonds. The van der Waals surface area contributed by atoms with Crippen LogP contribution in [0.15, 0.2) is 30.3 Å². The molecule has 1 aliphatic carbocycles. The maximum Gasteiger partial charge on any atom is 0.263 e. The van der Waals surface area contributed by atoms with Gasteiger partial charge in [0.05, 0.1) is 5.69 Å². The van der Waals surface area contributed by atoms with Crippen molar-refractivity contribution < 1.29 is 4.79 Å². The van der Waals surface area contributed by atoms with Crippen LogP contribution < -0.4 is 16.0 Å². The van der Waals surface area contributed by atoms with Crippen LogP contribution in [0.1, 0.15) is 52.2 Å². The van der Waals surface area contributed by atoms with E-state index in [-0.39, 0.29) is 5.91 Å². The number of piperidine rings is 1. The van der Waals surface area contributed by atoms with E-state index >= 15 is 0 Å². The molecule has 5 rings (SSSR count). The molecule has 0 saturated carbocycles. The fourth-order valence-electron chi connectivity index (χ4n) is 4.59. The van der Waals surface area contributed by atoms with E-state index in [1.54, 1.807) is 0 Å². The van der Waals surface area contributed by atoms with Crippen LogP contribution in [-0.2, 0) is 19.3 Å². The molecule has 2 aliphatic rings. The molecule has 0 radical (unpaired) electrons. The Morgan fingerprint density at radius 3 is 2.70 bits per heavy atom. The third kappa shape index (κ3) is 3.76. The summed E-state index contributed by atoms with van der Waals surface area (Å²) in [4.78, 5) is 21.4. The summed E-state index contributed by atoms with van der Waals surface area (Å²) < 4.78 is 0. The smallest absolute Gasteiger partial charge is 0.263 e. The Balaban J connectivity index is 1.20. The molecule has 0 atom stereocenters. The summed E-state index contributed by atoms with van der Waals surface area (Å²) in [5.41, 5.74) is 11.9. The highest BCUT2D eigenvalue weighted by Crippen LogP contribution is 2.35. The number of aryl methyl sites for hydroxylation is 2. The minimum absolute atomic E-state index is 0.0967. The first-order valence-electron chi connectivity index (χ1n) is 11.0. The third-order valence-electron chi connectivity index (χ3n) is 6.31. The van der Waals surface area contributed by atoms with Crippen LogP contribution in [0.4, 0.5) is 11.4 Å². The Morgan fingerprint density at radius 1 is 1.10 bits per heavy atom. The molecule has 3 N–H and O–H groups in total. The van der Waals surface area contributed by atoms with Crippen molar-refractivity contribution in [3.63, 3.8) is 0 Å². The Bertz CT molecular complexity index is 1070. The van der Waals surface area contributed by atoms with E-state index in [4.69, 9.17) is 10.7 Å². The van der Waals surface area contributed by atoms with Gasteiger partial charge in [-0.05, 0) is 74.3 Å². The number of amides is 1. The van der Waals surface area contributed by atoms with Crippen molar-refractivity contribution in [2.24, 2.45) is 0 Å². The molecule has 1 fully saturated rings. The van der Waals surface area contributed by atoms with Crippen LogP contribution in [0.2, 0.25) is 0 Å². The van der Waals surface area contributed by atoms with Crippen LogP contribution >= 0.6 is 11.3 Å². The van der Waals surface area contributed by atoms with Gasteiger partial charge in [-0.2, -0.15) is 0 Å². The van der Waals surface area contributed by atoms with Crippen molar-refractivity contribution in [2.75, 3.05) is 30.3 Å². The Kier molecular flexibility index (Phi) is 5.34. The summed E-state index contributed by atoms with van der Waals surface area (Å²) in [5.74, 6) is -0.0967. The first-order valence-corrected chi connectivity index (χ1v) is 11.8. The van der Waals surface area contributed by atoms with Gasteiger partial charge in [-0.25, -0.2) is 4.98 Å². The highest BCUT2D eigenvalue weighted by atomic mass is 32.1. The third-order valence-corrected chi connectivity index (χ3v) is 7.43. The maximum atomic E-state index is 12.7. The number of nitrogens with zero attached hydrogens (tertiary/aromatic N) is 2. The van der Waals surface area contributed by atoms with Crippen molar-refractivity contribution in [1.82, 2.24) is 10.3 Å². The lowest BCUT2D eigenvalue weighted by molar-refractivity contribution is 0.0959. The molecule has 0 spiro atoms. The first kappa shape index (κ1) is 19.4. The number of thiophene rings is 1. The molecule has 0 unspecified atom stereocenters. The first-order chi connectivity index (χ1) is 14.7. The maximum absolute atomic E-state index is 12.7. The zero-order valence-corrected chi connectivity index (χ0v) is 18.1. The number of carbonyl (C=O) groups excluding carboxylic acids is 1. The summed E-state index contributed by atoms with van der Waals surface area (Å²) >= 11 is 1.41. The summed E-state index contributed by atoms with van der Waals surface area (Å²) in [7, 11) is 0. The monoisotopic (exact) mass is 420 g/mol. The van der Waals surface area contributed by atoms with Gasteiger partial charge in [-0.3, -0.25) is 4.79 Å². The van der Waals surface area contributed by atoms with Crippen LogP contribution in [-0.4, -0.2) is 30.5 Å². The second-order valence-electron chi connectivity index (χ2n) is 8.37. The zero-order valence-electron chi connectivity index (χ0n) is 17.2. The molecule has 1 aliphatic heterocycles. The standard InChI is InChI=1S/C24H28N4OS/c25-21-19-15-17-5-4-6-20(17)27-24(19)30-22(21)23(29)26-12-11-16-7-9-18(10-8-16)28-13-2-1-3-14-28/h7-10,15H,1-6,11-14,25H2,(H,26,29). The molecule has 6 heteroatoms. The van der Waals surface area contributed by atoms with Gasteiger partial charge < -0.3 is 16.0 Å². The lowest BCUT2D eigenvalue weighted by atomic mass is 10.1. The molecular weight excluding hydrogens is 392 g/mol. The topological polar surface area (TPSA) is 71.2 Å². The second-order valence-corrected chi connectivity index (χ2v) is 9.36. The molecule has 1 saturated heterocycles. The van der Waals surface area contributed by atoms with E-state index in [0.717, 1.165) is 49.0 Å². The predicted molar refractivity (Wildman–Crippen MR) is 125 cm³/mol. The van der Waals surface area contributed by atoms with Crippen LogP contribution in [0.3, 0.4) is 0 Å². The Labute approximate surface area is 181 Å². The highest BCUT2D eigenvalue weighted by molar-refractivity contribution is 7.21. The molecule has 1 aromatic carbocycles. The van der Waals surface area contributed by atoms with Crippen molar-refractivity contribution in [3.8, 4) is 0 Å². The average Bonchev–Trinajstić information content (AvgIpc) is 3.37. The molecule has 156 valence electrons. The van der Waals surface area contributed by atoms with Crippen LogP contribution in [0.5, 0.6) is 0 Å². The quantitative estimate of drug-likeness (QED) is 0.644. The van der Waals surface area contributed by atoms with Gasteiger partial charge in [0, 0.05) is 36.4 Å². The molecule has 2 aromatic heterocycles. The van der Waals surface area contributed by atoms with Crippen molar-refractivity contribution in [2.45, 2.75) is 44.9 Å². The lowest BCUT2D eigenvalue weighted by Crippen LogP contribution is -2.29. The number of benzene rings is 1. The number of rotatable bonds is 5. The summed E-state index contributed by atoms with van der Waals surface area (Å²) in [6.07, 6.45) is 7.97. The molecule has 3 heterocycles. The van der Waals surface area contributed by atoms with Gasteiger partial charge in [0.25, 0.3) is 5.91 Å². The van der Waals surface area contributed by atoms with Crippen molar-refractivity contribution >= 4 is 38.8 Å². The number of anilines is 2. The van der Waals surface area contributed by atoms with Gasteiger partial charge in [-0.1, -0.05) is 12.1 Å². The number of nitrogens with one attached hydrogen (secondary N) is 1. The van der Waals surface area contributed by atoms with E-state index in [2.05, 4.69) is 40.5 Å². The van der Waals surface area contributed by atoms with Crippen LogP contribution in [0, 0.1) is 0 Å². The number of aromatic nitrogens is 1. The van der Waals surface area contributed by atoms with Crippen LogP contribution in [0.25, 0.3) is 10.2 Å². The van der Waals surface area contributed by atoms with E-state index in [1.807, 2.05) is 0 Å². The van der Waals surface area contributed by atoms with Gasteiger partial charge in [0.2, 0.25) is 0 Å². The fraction of sp³-hybridized carbons (Fsp3) is 0.417. The number of pyridine rings is 1. The predicted octanol–water partition coefficient (Wildman–Crippen LogP) is 4.33. The second kappa shape index (κ2) is 8.26.